The lowest BCUT2D eigenvalue weighted by atomic mass is 10.1. The molecular weight excluding hydrogens is 444 g/mol. The second-order valence-electron chi connectivity index (χ2n) is 6.33. The van der Waals surface area contributed by atoms with Crippen molar-refractivity contribution >= 4 is 36.2 Å². The quantitative estimate of drug-likeness (QED) is 0.156. The number of amides is 1. The Balaban J connectivity index is 0.000000709. The van der Waals surface area contributed by atoms with E-state index in [1.807, 2.05) is 30.3 Å². The van der Waals surface area contributed by atoms with Crippen molar-refractivity contribution in [2.75, 3.05) is 26.0 Å². The number of hydrogen-bond acceptors (Lipinski definition) is 9. The molecule has 6 N–H and O–H groups in total. The Bertz CT molecular complexity index is 776. The number of methoxy groups -OCH3 is 1. The zero-order valence-electron chi connectivity index (χ0n) is 19.1. The second kappa shape index (κ2) is 21.0. The van der Waals surface area contributed by atoms with E-state index in [1.54, 1.807) is 24.3 Å². The maximum Gasteiger partial charge on any atom is 0.337 e. The van der Waals surface area contributed by atoms with Gasteiger partial charge in [0.25, 0.3) is 6.47 Å². The number of unbranched alkanes of at least 4 members (excludes halogenated alkanes) is 2. The molecule has 0 spiro atoms. The van der Waals surface area contributed by atoms with Gasteiger partial charge in [-0.1, -0.05) is 36.8 Å². The SMILES string of the molecule is CN.COC(=O)c1ccc(NC(=O)CCCCCNSN)cc1.O=COCc1ccccc1. The molecule has 0 saturated carbocycles. The molecule has 0 radical (unpaired) electrons. The van der Waals surface area contributed by atoms with E-state index in [2.05, 4.69) is 25.2 Å². The number of esters is 1. The Hall–Kier alpha value is -2.92. The molecule has 0 heterocycles. The number of hydrogen-bond donors (Lipinski definition) is 4. The molecular formula is C23H34N4O5S. The molecule has 0 unspecified atom stereocenters. The summed E-state index contributed by atoms with van der Waals surface area (Å²) in [5.74, 6) is -0.417. The molecule has 0 aromatic heterocycles. The van der Waals surface area contributed by atoms with Crippen LogP contribution in [0.5, 0.6) is 0 Å². The van der Waals surface area contributed by atoms with Crippen LogP contribution >= 0.6 is 12.1 Å². The second-order valence-corrected chi connectivity index (χ2v) is 6.86. The van der Waals surface area contributed by atoms with Gasteiger partial charge >= 0.3 is 5.97 Å². The van der Waals surface area contributed by atoms with Crippen LogP contribution in [0.2, 0.25) is 0 Å². The zero-order valence-corrected chi connectivity index (χ0v) is 19.9. The standard InChI is InChI=1S/C14H21N3O3S.C8H8O2.CH5N/c1-20-14(19)11-6-8-12(9-7-11)17-13(18)5-3-2-4-10-16-21-15;9-7-10-6-8-4-2-1-3-5-8;1-2/h6-9,16H,2-5,10,15H2,1H3,(H,17,18);1-5,7H,6H2;2H2,1H3. The first-order valence-electron chi connectivity index (χ1n) is 10.3. The summed E-state index contributed by atoms with van der Waals surface area (Å²) in [6.45, 7) is 1.66. The molecule has 0 saturated heterocycles. The predicted molar refractivity (Wildman–Crippen MR) is 132 cm³/mol. The summed E-state index contributed by atoms with van der Waals surface area (Å²) in [5.41, 5.74) is 6.64. The molecule has 2 aromatic carbocycles. The number of benzene rings is 2. The minimum absolute atomic E-state index is 0.0259. The lowest BCUT2D eigenvalue weighted by Crippen LogP contribution is -2.12. The van der Waals surface area contributed by atoms with Crippen molar-refractivity contribution in [3.63, 3.8) is 0 Å². The van der Waals surface area contributed by atoms with Crippen molar-refractivity contribution in [2.24, 2.45) is 10.9 Å². The average Bonchev–Trinajstić information content (AvgIpc) is 2.87. The van der Waals surface area contributed by atoms with Crippen molar-refractivity contribution < 1.29 is 23.9 Å². The fourth-order valence-electron chi connectivity index (χ4n) is 2.45. The highest BCUT2D eigenvalue weighted by Gasteiger charge is 2.06. The van der Waals surface area contributed by atoms with E-state index in [1.165, 1.54) is 14.2 Å². The van der Waals surface area contributed by atoms with Gasteiger partial charge in [0.2, 0.25) is 5.91 Å². The summed E-state index contributed by atoms with van der Waals surface area (Å²) in [4.78, 5) is 32.8. The van der Waals surface area contributed by atoms with Crippen molar-refractivity contribution in [1.29, 1.82) is 0 Å². The Kier molecular flexibility index (Phi) is 19.1. The van der Waals surface area contributed by atoms with Crippen LogP contribution in [0.3, 0.4) is 0 Å². The molecule has 0 fully saturated rings. The van der Waals surface area contributed by atoms with Gasteiger partial charge in [-0.3, -0.25) is 19.5 Å². The fourth-order valence-corrected chi connectivity index (χ4v) is 2.72. The maximum absolute atomic E-state index is 11.7. The van der Waals surface area contributed by atoms with E-state index in [9.17, 15) is 14.4 Å². The van der Waals surface area contributed by atoms with Crippen LogP contribution in [0.4, 0.5) is 5.69 Å². The van der Waals surface area contributed by atoms with Gasteiger partial charge in [-0.05, 0) is 49.7 Å². The van der Waals surface area contributed by atoms with Crippen molar-refractivity contribution in [3.8, 4) is 0 Å². The Labute approximate surface area is 199 Å². The number of nitrogens with two attached hydrogens (primary N) is 2. The van der Waals surface area contributed by atoms with Crippen LogP contribution in [0.25, 0.3) is 0 Å². The highest BCUT2D eigenvalue weighted by molar-refractivity contribution is 7.95. The summed E-state index contributed by atoms with van der Waals surface area (Å²) < 4.78 is 12.1. The molecule has 0 aliphatic rings. The van der Waals surface area contributed by atoms with Crippen molar-refractivity contribution in [3.05, 3.63) is 65.7 Å². The molecule has 9 nitrogen and oxygen atoms in total. The molecule has 1 amide bonds. The average molecular weight is 479 g/mol. The van der Waals surface area contributed by atoms with E-state index in [4.69, 9.17) is 5.14 Å². The Morgan fingerprint density at radius 3 is 2.24 bits per heavy atom. The first kappa shape index (κ1) is 30.1. The third-order valence-electron chi connectivity index (χ3n) is 4.02. The lowest BCUT2D eigenvalue weighted by Gasteiger charge is -2.06. The molecule has 0 atom stereocenters. The summed E-state index contributed by atoms with van der Waals surface area (Å²) in [5, 5.41) is 8.03. The zero-order chi connectivity index (χ0) is 24.7. The molecule has 0 aliphatic carbocycles. The smallest absolute Gasteiger partial charge is 0.337 e. The summed E-state index contributed by atoms with van der Waals surface area (Å²) in [6, 6.07) is 16.2. The predicted octanol–water partition coefficient (Wildman–Crippen LogP) is 3.02. The monoisotopic (exact) mass is 478 g/mol. The fraction of sp³-hybridized carbons (Fsp3) is 0.348. The minimum atomic E-state index is -0.392. The van der Waals surface area contributed by atoms with E-state index in [0.717, 1.165) is 43.5 Å². The van der Waals surface area contributed by atoms with Crippen LogP contribution in [0.1, 0.15) is 41.6 Å². The molecule has 0 aliphatic heterocycles. The molecule has 2 rings (SSSR count). The van der Waals surface area contributed by atoms with Gasteiger partial charge in [-0.25, -0.2) is 4.79 Å². The van der Waals surface area contributed by atoms with Gasteiger partial charge in [-0.15, -0.1) is 0 Å². The third kappa shape index (κ3) is 15.5. The highest BCUT2D eigenvalue weighted by Crippen LogP contribution is 2.11. The number of rotatable bonds is 12. The van der Waals surface area contributed by atoms with E-state index >= 15 is 0 Å². The normalized spacial score (nSPS) is 9.33. The highest BCUT2D eigenvalue weighted by atomic mass is 32.2. The van der Waals surface area contributed by atoms with Gasteiger partial charge in [0.05, 0.1) is 12.7 Å². The minimum Gasteiger partial charge on any atom is -0.465 e. The Morgan fingerprint density at radius 2 is 1.67 bits per heavy atom. The maximum atomic E-state index is 11.7. The van der Waals surface area contributed by atoms with Crippen LogP contribution in [-0.4, -0.2) is 39.1 Å². The van der Waals surface area contributed by atoms with Crippen LogP contribution in [0, 0.1) is 0 Å². The molecule has 33 heavy (non-hydrogen) atoms. The number of carbonyl (C=O) groups excluding carboxylic acids is 3. The molecule has 10 heteroatoms. The van der Waals surface area contributed by atoms with Gasteiger partial charge in [0.1, 0.15) is 6.61 Å². The van der Waals surface area contributed by atoms with Gasteiger partial charge in [-0.2, -0.15) is 0 Å². The topological polar surface area (TPSA) is 146 Å². The Morgan fingerprint density at radius 1 is 1.00 bits per heavy atom. The summed E-state index contributed by atoms with van der Waals surface area (Å²) >= 11 is 1.11. The number of carbonyl (C=O) groups is 3. The van der Waals surface area contributed by atoms with E-state index < -0.39 is 5.97 Å². The lowest BCUT2D eigenvalue weighted by molar-refractivity contribution is -0.129. The van der Waals surface area contributed by atoms with Crippen LogP contribution in [0.15, 0.2) is 54.6 Å². The number of ether oxygens (including phenoxy) is 2. The van der Waals surface area contributed by atoms with Crippen molar-refractivity contribution in [2.45, 2.75) is 32.3 Å². The van der Waals surface area contributed by atoms with E-state index in [-0.39, 0.29) is 5.91 Å². The van der Waals surface area contributed by atoms with E-state index in [0.29, 0.717) is 30.8 Å². The number of anilines is 1. The third-order valence-corrected chi connectivity index (χ3v) is 4.39. The summed E-state index contributed by atoms with van der Waals surface area (Å²) in [6.07, 6.45) is 3.28. The molecule has 2 aromatic rings. The van der Waals surface area contributed by atoms with Gasteiger partial charge in [0.15, 0.2) is 0 Å². The first-order valence-corrected chi connectivity index (χ1v) is 11.2. The molecule has 182 valence electrons. The van der Waals surface area contributed by atoms with Crippen LogP contribution in [-0.2, 0) is 25.7 Å². The first-order chi connectivity index (χ1) is 16.1. The van der Waals surface area contributed by atoms with Crippen LogP contribution < -0.4 is 20.9 Å². The van der Waals surface area contributed by atoms with Crippen molar-refractivity contribution in [1.82, 2.24) is 4.72 Å². The van der Waals surface area contributed by atoms with Gasteiger partial charge < -0.3 is 20.5 Å². The summed E-state index contributed by atoms with van der Waals surface area (Å²) in [7, 11) is 2.83. The van der Waals surface area contributed by atoms with Gasteiger partial charge in [0, 0.05) is 30.8 Å². The largest absolute Gasteiger partial charge is 0.465 e. The molecule has 0 bridgehead atoms. The number of nitrogens with one attached hydrogen (secondary N) is 2.